The second kappa shape index (κ2) is 8.79. The Morgan fingerprint density at radius 2 is 1.82 bits per heavy atom. The molecule has 7 atom stereocenters. The topological polar surface area (TPSA) is 83.5 Å². The van der Waals surface area contributed by atoms with Crippen molar-refractivity contribution in [3.05, 3.63) is 22.8 Å². The average Bonchev–Trinajstić information content (AvgIpc) is 3.01. The van der Waals surface area contributed by atoms with Gasteiger partial charge < -0.3 is 10.4 Å². The van der Waals surface area contributed by atoms with Crippen LogP contribution < -0.4 is 5.32 Å². The minimum atomic E-state index is -0.225. The maximum atomic E-state index is 13.3. The summed E-state index contributed by atoms with van der Waals surface area (Å²) in [5, 5.41) is 13.0. The maximum absolute atomic E-state index is 13.3. The highest BCUT2D eigenvalue weighted by atomic mass is 16.3. The van der Waals surface area contributed by atoms with Crippen LogP contribution in [-0.4, -0.2) is 34.7 Å². The van der Waals surface area contributed by atoms with E-state index < -0.39 is 0 Å². The van der Waals surface area contributed by atoms with Crippen LogP contribution in [0.15, 0.2) is 22.8 Å². The van der Waals surface area contributed by atoms with Crippen LogP contribution in [0.3, 0.4) is 0 Å². The molecule has 0 bridgehead atoms. The Balaban J connectivity index is 1.56. The van der Waals surface area contributed by atoms with Gasteiger partial charge in [0.1, 0.15) is 0 Å². The zero-order valence-corrected chi connectivity index (χ0v) is 21.0. The quantitative estimate of drug-likeness (QED) is 0.466. The van der Waals surface area contributed by atoms with Gasteiger partial charge in [0, 0.05) is 31.4 Å². The van der Waals surface area contributed by atoms with Gasteiger partial charge in [-0.05, 0) is 93.0 Å². The van der Waals surface area contributed by atoms with Crippen LogP contribution in [0.25, 0.3) is 0 Å². The number of fused-ring (bicyclic) bond motifs is 5. The predicted molar refractivity (Wildman–Crippen MR) is 128 cm³/mol. The molecule has 3 saturated carbocycles. The van der Waals surface area contributed by atoms with Gasteiger partial charge in [-0.15, -0.1) is 0 Å². The first kappa shape index (κ1) is 24.4. The first-order valence-electron chi connectivity index (χ1n) is 12.9. The molecule has 0 aromatic heterocycles. The highest BCUT2D eigenvalue weighted by Crippen LogP contribution is 2.65. The van der Waals surface area contributed by atoms with Gasteiger partial charge in [0.25, 0.3) is 0 Å². The monoisotopic (exact) mass is 455 g/mol. The third-order valence-electron chi connectivity index (χ3n) is 9.77. The third kappa shape index (κ3) is 4.15. The van der Waals surface area contributed by atoms with Gasteiger partial charge in [-0.1, -0.05) is 25.5 Å². The Morgan fingerprint density at radius 3 is 2.52 bits per heavy atom. The fourth-order valence-corrected chi connectivity index (χ4v) is 8.00. The lowest BCUT2D eigenvalue weighted by Gasteiger charge is -2.57. The first-order chi connectivity index (χ1) is 15.5. The Hall–Kier alpha value is -1.75. The highest BCUT2D eigenvalue weighted by Gasteiger charge is 2.59. The van der Waals surface area contributed by atoms with Crippen molar-refractivity contribution in [1.29, 1.82) is 0 Å². The molecule has 5 heteroatoms. The third-order valence-corrected chi connectivity index (χ3v) is 9.77. The van der Waals surface area contributed by atoms with Gasteiger partial charge in [-0.3, -0.25) is 14.4 Å². The first-order valence-corrected chi connectivity index (χ1v) is 12.9. The number of amides is 1. The van der Waals surface area contributed by atoms with E-state index >= 15 is 0 Å². The average molecular weight is 456 g/mol. The summed E-state index contributed by atoms with van der Waals surface area (Å²) in [6.07, 6.45) is 9.39. The smallest absolute Gasteiger partial charge is 0.217 e. The molecule has 0 radical (unpaired) electrons. The van der Waals surface area contributed by atoms with E-state index in [1.54, 1.807) is 0 Å². The van der Waals surface area contributed by atoms with Crippen LogP contribution in [0.4, 0.5) is 0 Å². The summed E-state index contributed by atoms with van der Waals surface area (Å²) in [7, 11) is 0. The van der Waals surface area contributed by atoms with E-state index in [0.717, 1.165) is 44.1 Å². The molecule has 3 fully saturated rings. The Kier molecular flexibility index (Phi) is 6.50. The van der Waals surface area contributed by atoms with E-state index in [9.17, 15) is 19.5 Å². The van der Waals surface area contributed by atoms with Gasteiger partial charge in [0.05, 0.1) is 6.10 Å². The van der Waals surface area contributed by atoms with Gasteiger partial charge in [-0.25, -0.2) is 0 Å². The number of hydrogen-bond acceptors (Lipinski definition) is 4. The molecule has 4 aliphatic carbocycles. The number of hydrogen-bond donors (Lipinski definition) is 2. The van der Waals surface area contributed by atoms with Crippen LogP contribution in [0.2, 0.25) is 0 Å². The molecule has 2 N–H and O–H groups in total. The lowest BCUT2D eigenvalue weighted by Crippen LogP contribution is -2.49. The summed E-state index contributed by atoms with van der Waals surface area (Å²) in [6.45, 7) is 9.87. The summed E-state index contributed by atoms with van der Waals surface area (Å²) in [4.78, 5) is 37.7. The number of aliphatic hydroxyl groups excluding tert-OH is 1. The van der Waals surface area contributed by atoms with E-state index in [2.05, 4.69) is 25.2 Å². The van der Waals surface area contributed by atoms with E-state index in [-0.39, 0.29) is 40.4 Å². The molecule has 0 heterocycles. The van der Waals surface area contributed by atoms with Crippen molar-refractivity contribution in [2.45, 2.75) is 105 Å². The zero-order chi connectivity index (χ0) is 24.1. The maximum Gasteiger partial charge on any atom is 0.217 e. The number of aliphatic hydroxyl groups is 1. The Bertz CT molecular complexity index is 917. The van der Waals surface area contributed by atoms with Crippen LogP contribution >= 0.6 is 0 Å². The minimum absolute atomic E-state index is 0.0404. The molecule has 4 rings (SSSR count). The van der Waals surface area contributed by atoms with Crippen LogP contribution in [0.1, 0.15) is 92.4 Å². The molecule has 0 unspecified atom stereocenters. The Morgan fingerprint density at radius 1 is 1.12 bits per heavy atom. The van der Waals surface area contributed by atoms with Gasteiger partial charge in [-0.2, -0.15) is 0 Å². The number of carbonyl (C=O) groups excluding carboxylic acids is 3. The summed E-state index contributed by atoms with van der Waals surface area (Å²) in [6, 6.07) is -0.0553. The van der Waals surface area contributed by atoms with Gasteiger partial charge in [0.15, 0.2) is 11.6 Å². The molecule has 0 spiro atoms. The van der Waals surface area contributed by atoms with E-state index in [4.69, 9.17) is 0 Å². The van der Waals surface area contributed by atoms with Crippen molar-refractivity contribution >= 4 is 17.5 Å². The highest BCUT2D eigenvalue weighted by molar-refractivity contribution is 6.08. The second-order valence-corrected chi connectivity index (χ2v) is 11.8. The van der Waals surface area contributed by atoms with Crippen molar-refractivity contribution in [2.75, 3.05) is 0 Å². The molecule has 33 heavy (non-hydrogen) atoms. The summed E-state index contributed by atoms with van der Waals surface area (Å²) in [5.74, 6) is 1.44. The molecule has 182 valence electrons. The summed E-state index contributed by atoms with van der Waals surface area (Å²) in [5.41, 5.74) is 2.80. The van der Waals surface area contributed by atoms with Crippen molar-refractivity contribution in [2.24, 2.45) is 28.6 Å². The molecule has 0 aliphatic heterocycles. The van der Waals surface area contributed by atoms with E-state index in [1.807, 2.05) is 13.8 Å². The number of Topliss-reactive ketones (excluding diaryl/α,β-unsaturated/α-hetero) is 2. The molecule has 5 nitrogen and oxygen atoms in total. The minimum Gasteiger partial charge on any atom is -0.393 e. The molecule has 0 aromatic rings. The molecular weight excluding hydrogens is 414 g/mol. The number of allylic oxidation sites excluding steroid dienone is 3. The predicted octanol–water partition coefficient (Wildman–Crippen LogP) is 4.68. The van der Waals surface area contributed by atoms with Gasteiger partial charge in [0.2, 0.25) is 5.91 Å². The fraction of sp³-hybridized carbons (Fsp3) is 0.750. The fourth-order valence-electron chi connectivity index (χ4n) is 8.00. The summed E-state index contributed by atoms with van der Waals surface area (Å²) >= 11 is 0. The molecule has 0 saturated heterocycles. The standard InChI is InChI=1S/C28H41NO4/c1-16(29-18(3)30)6-9-24(32)17(2)26-25(33)15-23-21-8-7-19-14-20(31)10-12-27(19,4)22(21)11-13-28(23,26)5/h7,16,20-23,31H,6,8-15H2,1-5H3,(H,29,30)/b26-17+/t16-,20-,21-,22+,23-,27+,28+/m1/s1. The SMILES string of the molecule is CC(=O)N[C@H](C)CCC(=O)/C(C)=C1\C(=O)C[C@@H]2[C@@H]3CC=C4C[C@H](O)CC[C@]4(C)[C@H]3CC[C@]12C. The summed E-state index contributed by atoms with van der Waals surface area (Å²) < 4.78 is 0. The lowest BCUT2D eigenvalue weighted by atomic mass is 9.47. The van der Waals surface area contributed by atoms with Crippen LogP contribution in [0, 0.1) is 28.6 Å². The number of nitrogens with one attached hydrogen (secondary N) is 1. The van der Waals surface area contributed by atoms with Gasteiger partial charge >= 0.3 is 0 Å². The van der Waals surface area contributed by atoms with Crippen molar-refractivity contribution in [1.82, 2.24) is 5.32 Å². The number of rotatable bonds is 5. The largest absolute Gasteiger partial charge is 0.393 e. The zero-order valence-electron chi connectivity index (χ0n) is 21.0. The van der Waals surface area contributed by atoms with Crippen LogP contribution in [-0.2, 0) is 14.4 Å². The van der Waals surface area contributed by atoms with Crippen molar-refractivity contribution in [3.8, 4) is 0 Å². The second-order valence-electron chi connectivity index (χ2n) is 11.8. The van der Waals surface area contributed by atoms with Crippen molar-refractivity contribution < 1.29 is 19.5 Å². The normalized spacial score (nSPS) is 40.2. The molecule has 1 amide bonds. The molecular formula is C28H41NO4. The van der Waals surface area contributed by atoms with Crippen LogP contribution in [0.5, 0.6) is 0 Å². The number of carbonyl (C=O) groups is 3. The Labute approximate surface area is 198 Å². The van der Waals surface area contributed by atoms with E-state index in [0.29, 0.717) is 42.6 Å². The van der Waals surface area contributed by atoms with E-state index in [1.165, 1.54) is 12.5 Å². The van der Waals surface area contributed by atoms with Crippen molar-refractivity contribution in [3.63, 3.8) is 0 Å². The number of ketones is 2. The lowest BCUT2D eigenvalue weighted by molar-refractivity contribution is -0.120. The molecule has 0 aromatic carbocycles. The molecule has 4 aliphatic rings.